The largest absolute Gasteiger partial charge is 0.377 e. The Labute approximate surface area is 104 Å². The molecule has 7 heteroatoms. The molecular weight excluding hydrogens is 292 g/mol. The van der Waals surface area contributed by atoms with E-state index in [1.165, 1.54) is 11.5 Å². The molecule has 0 radical (unpaired) electrons. The minimum absolute atomic E-state index is 0.0717. The molecule has 0 bridgehead atoms. The fourth-order valence-electron chi connectivity index (χ4n) is 1.30. The molecule has 0 amide bonds. The van der Waals surface area contributed by atoms with Gasteiger partial charge in [0.05, 0.1) is 11.0 Å². The van der Waals surface area contributed by atoms with E-state index in [4.69, 9.17) is 0 Å². The third-order valence-corrected chi connectivity index (χ3v) is 3.47. The maximum Gasteiger partial charge on any atom is 0.265 e. The van der Waals surface area contributed by atoms with Crippen LogP contribution < -0.4 is 10.9 Å². The lowest BCUT2D eigenvalue weighted by atomic mass is 10.4. The van der Waals surface area contributed by atoms with E-state index in [1.54, 1.807) is 16.8 Å². The Hall–Kier alpha value is -1.21. The van der Waals surface area contributed by atoms with Gasteiger partial charge in [-0.3, -0.25) is 4.79 Å². The van der Waals surface area contributed by atoms with Crippen molar-refractivity contribution in [2.45, 2.75) is 6.54 Å². The number of pyridine rings is 1. The molecule has 1 N–H and O–H groups in total. The summed E-state index contributed by atoms with van der Waals surface area (Å²) < 4.78 is 5.97. The fourth-order valence-corrected chi connectivity index (χ4v) is 2.20. The van der Waals surface area contributed by atoms with Gasteiger partial charge < -0.3 is 9.88 Å². The first-order valence-corrected chi connectivity index (χ1v) is 6.13. The first-order chi connectivity index (χ1) is 7.72. The maximum absolute atomic E-state index is 11.7. The number of hydrogen-bond acceptors (Lipinski definition) is 5. The summed E-state index contributed by atoms with van der Waals surface area (Å²) in [6, 6.07) is 3.53. The summed E-state index contributed by atoms with van der Waals surface area (Å²) in [5, 5.41) is 7.86. The number of nitrogens with one attached hydrogen (secondary N) is 1. The lowest BCUT2D eigenvalue weighted by Crippen LogP contribution is -2.20. The zero-order valence-electron chi connectivity index (χ0n) is 8.48. The highest BCUT2D eigenvalue weighted by Crippen LogP contribution is 2.17. The predicted molar refractivity (Wildman–Crippen MR) is 67.0 cm³/mol. The smallest absolute Gasteiger partial charge is 0.265 e. The molecule has 2 aromatic rings. The molecule has 0 aliphatic heterocycles. The molecule has 0 fully saturated rings. The van der Waals surface area contributed by atoms with Crippen molar-refractivity contribution < 1.29 is 0 Å². The van der Waals surface area contributed by atoms with Crippen LogP contribution in [0.5, 0.6) is 0 Å². The van der Waals surface area contributed by atoms with E-state index in [1.807, 2.05) is 13.1 Å². The van der Waals surface area contributed by atoms with Crippen LogP contribution in [0.15, 0.2) is 27.6 Å². The van der Waals surface area contributed by atoms with Crippen LogP contribution in [0.4, 0.5) is 5.00 Å². The van der Waals surface area contributed by atoms with Crippen molar-refractivity contribution in [3.8, 4) is 0 Å². The summed E-state index contributed by atoms with van der Waals surface area (Å²) >= 11 is 4.48. The number of aromatic nitrogens is 3. The van der Waals surface area contributed by atoms with Crippen LogP contribution >= 0.6 is 27.5 Å². The van der Waals surface area contributed by atoms with Crippen molar-refractivity contribution in [3.05, 3.63) is 38.9 Å². The van der Waals surface area contributed by atoms with E-state index >= 15 is 0 Å². The number of hydrogen-bond donors (Lipinski definition) is 1. The Kier molecular flexibility index (Phi) is 3.35. The van der Waals surface area contributed by atoms with Gasteiger partial charge >= 0.3 is 0 Å². The summed E-state index contributed by atoms with van der Waals surface area (Å²) in [5.41, 5.74) is 0.699. The minimum atomic E-state index is -0.0717. The number of nitrogens with zero attached hydrogens (tertiary/aromatic N) is 3. The predicted octanol–water partition coefficient (Wildman–Crippen LogP) is 1.55. The highest BCUT2D eigenvalue weighted by Gasteiger charge is 2.08. The van der Waals surface area contributed by atoms with Crippen molar-refractivity contribution >= 4 is 32.5 Å². The number of halogens is 1. The zero-order valence-corrected chi connectivity index (χ0v) is 10.9. The van der Waals surface area contributed by atoms with Crippen molar-refractivity contribution in [2.24, 2.45) is 0 Å². The van der Waals surface area contributed by atoms with Gasteiger partial charge in [-0.05, 0) is 28.1 Å². The Morgan fingerprint density at radius 3 is 3.19 bits per heavy atom. The van der Waals surface area contributed by atoms with Gasteiger partial charge in [0.15, 0.2) is 0 Å². The lowest BCUT2D eigenvalue weighted by molar-refractivity contribution is 0.733. The summed E-state index contributed by atoms with van der Waals surface area (Å²) in [4.78, 5) is 11.7. The molecule has 0 unspecified atom stereocenters. The topological polar surface area (TPSA) is 59.8 Å². The highest BCUT2D eigenvalue weighted by molar-refractivity contribution is 9.10. The number of anilines is 1. The molecule has 0 saturated carbocycles. The second-order valence-corrected chi connectivity index (χ2v) is 4.70. The summed E-state index contributed by atoms with van der Waals surface area (Å²) in [6.45, 7) is 0.422. The SMILES string of the molecule is CNc1snnc1Cn1cccc(Br)c1=O. The van der Waals surface area contributed by atoms with Gasteiger partial charge in [-0.1, -0.05) is 4.49 Å². The standard InChI is InChI=1S/C9H9BrN4OS/c1-11-8-7(12-13-16-8)5-14-4-2-3-6(10)9(14)15/h2-4,11H,5H2,1H3. The third kappa shape index (κ3) is 2.14. The second kappa shape index (κ2) is 4.75. The van der Waals surface area contributed by atoms with Crippen LogP contribution in [-0.2, 0) is 6.54 Å². The van der Waals surface area contributed by atoms with Crippen LogP contribution in [0.2, 0.25) is 0 Å². The van der Waals surface area contributed by atoms with Crippen molar-refractivity contribution in [1.82, 2.24) is 14.2 Å². The van der Waals surface area contributed by atoms with E-state index in [2.05, 4.69) is 30.8 Å². The average molecular weight is 301 g/mol. The van der Waals surface area contributed by atoms with Crippen LogP contribution in [0.1, 0.15) is 5.69 Å². The molecule has 0 atom stereocenters. The molecule has 0 spiro atoms. The van der Waals surface area contributed by atoms with Gasteiger partial charge in [0.1, 0.15) is 10.7 Å². The molecular formula is C9H9BrN4OS. The van der Waals surface area contributed by atoms with Gasteiger partial charge in [0.25, 0.3) is 5.56 Å². The van der Waals surface area contributed by atoms with E-state index in [0.29, 0.717) is 11.0 Å². The quantitative estimate of drug-likeness (QED) is 0.934. The molecule has 5 nitrogen and oxygen atoms in total. The van der Waals surface area contributed by atoms with E-state index in [0.717, 1.165) is 10.7 Å². The fraction of sp³-hybridized carbons (Fsp3) is 0.222. The minimum Gasteiger partial charge on any atom is -0.377 e. The van der Waals surface area contributed by atoms with Gasteiger partial charge in [-0.25, -0.2) is 0 Å². The van der Waals surface area contributed by atoms with Crippen molar-refractivity contribution in [2.75, 3.05) is 12.4 Å². The zero-order chi connectivity index (χ0) is 11.5. The molecule has 16 heavy (non-hydrogen) atoms. The van der Waals surface area contributed by atoms with E-state index in [9.17, 15) is 4.79 Å². The third-order valence-electron chi connectivity index (χ3n) is 2.08. The van der Waals surface area contributed by atoms with Gasteiger partial charge in [0.2, 0.25) is 0 Å². The van der Waals surface area contributed by atoms with Crippen LogP contribution in [0.3, 0.4) is 0 Å². The molecule has 0 saturated heterocycles. The maximum atomic E-state index is 11.7. The second-order valence-electron chi connectivity index (χ2n) is 3.09. The first kappa shape index (κ1) is 11.3. The first-order valence-electron chi connectivity index (χ1n) is 4.56. The Bertz CT molecular complexity index is 550. The van der Waals surface area contributed by atoms with Crippen LogP contribution in [0.25, 0.3) is 0 Å². The van der Waals surface area contributed by atoms with Crippen LogP contribution in [-0.4, -0.2) is 21.2 Å². The lowest BCUT2D eigenvalue weighted by Gasteiger charge is -2.04. The number of rotatable bonds is 3. The molecule has 0 aromatic carbocycles. The van der Waals surface area contributed by atoms with Crippen molar-refractivity contribution in [3.63, 3.8) is 0 Å². The highest BCUT2D eigenvalue weighted by atomic mass is 79.9. The molecule has 2 rings (SSSR count). The normalized spacial score (nSPS) is 10.4. The van der Waals surface area contributed by atoms with Gasteiger partial charge in [0, 0.05) is 24.8 Å². The van der Waals surface area contributed by atoms with Crippen molar-refractivity contribution in [1.29, 1.82) is 0 Å². The summed E-state index contributed by atoms with van der Waals surface area (Å²) in [6.07, 6.45) is 1.73. The summed E-state index contributed by atoms with van der Waals surface area (Å²) in [7, 11) is 1.81. The van der Waals surface area contributed by atoms with Gasteiger partial charge in [-0.2, -0.15) is 0 Å². The Morgan fingerprint density at radius 1 is 1.62 bits per heavy atom. The van der Waals surface area contributed by atoms with Crippen LogP contribution in [0, 0.1) is 0 Å². The summed E-state index contributed by atoms with van der Waals surface area (Å²) in [5.74, 6) is 0. The Balaban J connectivity index is 2.34. The van der Waals surface area contributed by atoms with E-state index in [-0.39, 0.29) is 5.56 Å². The molecule has 0 aliphatic rings. The monoisotopic (exact) mass is 300 g/mol. The molecule has 2 aromatic heterocycles. The molecule has 84 valence electrons. The average Bonchev–Trinajstić information content (AvgIpc) is 2.72. The Morgan fingerprint density at radius 2 is 2.44 bits per heavy atom. The van der Waals surface area contributed by atoms with E-state index < -0.39 is 0 Å². The molecule has 2 heterocycles. The molecule has 0 aliphatic carbocycles. The van der Waals surface area contributed by atoms with Gasteiger partial charge in [-0.15, -0.1) is 5.10 Å².